The zero-order chi connectivity index (χ0) is 14.1. The van der Waals surface area contributed by atoms with Crippen LogP contribution in [-0.2, 0) is 9.53 Å². The van der Waals surface area contributed by atoms with Crippen molar-refractivity contribution in [3.63, 3.8) is 0 Å². The van der Waals surface area contributed by atoms with Gasteiger partial charge in [0.25, 0.3) is 0 Å². The van der Waals surface area contributed by atoms with Crippen molar-refractivity contribution in [2.24, 2.45) is 5.92 Å². The van der Waals surface area contributed by atoms with Gasteiger partial charge in [0.15, 0.2) is 5.65 Å². The highest BCUT2D eigenvalue weighted by molar-refractivity contribution is 5.72. The van der Waals surface area contributed by atoms with Crippen molar-refractivity contribution in [1.82, 2.24) is 14.6 Å². The quantitative estimate of drug-likeness (QED) is 0.812. The number of pyridine rings is 1. The molecule has 0 unspecified atom stereocenters. The number of hydrogen-bond donors (Lipinski definition) is 1. The number of hydrogen-bond acceptors (Lipinski definition) is 6. The van der Waals surface area contributed by atoms with E-state index in [4.69, 9.17) is 10.5 Å². The van der Waals surface area contributed by atoms with Crippen LogP contribution in [0.15, 0.2) is 18.3 Å². The van der Waals surface area contributed by atoms with Crippen LogP contribution in [0.25, 0.3) is 5.65 Å². The van der Waals surface area contributed by atoms with E-state index in [1.807, 2.05) is 18.3 Å². The third-order valence-electron chi connectivity index (χ3n) is 3.73. The number of piperidine rings is 1. The van der Waals surface area contributed by atoms with Crippen molar-refractivity contribution in [3.05, 3.63) is 18.3 Å². The molecule has 0 saturated carbocycles. The van der Waals surface area contributed by atoms with Crippen LogP contribution in [0.2, 0.25) is 0 Å². The standard InChI is InChI=1S/C13H17N5O2/c1-20-12(19)9-4-6-17(7-5-9)10-2-3-11-15-13(14)16-18(11)8-10/h2-3,8-9H,4-7H2,1H3,(H2,14,16). The van der Waals surface area contributed by atoms with Gasteiger partial charge in [-0.2, -0.15) is 4.98 Å². The Bertz CT molecular complexity index is 631. The number of fused-ring (bicyclic) bond motifs is 1. The Kier molecular flexibility index (Phi) is 3.17. The number of carbonyl (C=O) groups excluding carboxylic acids is 1. The number of methoxy groups -OCH3 is 1. The summed E-state index contributed by atoms with van der Waals surface area (Å²) in [6.07, 6.45) is 3.53. The monoisotopic (exact) mass is 275 g/mol. The van der Waals surface area contributed by atoms with Crippen LogP contribution >= 0.6 is 0 Å². The Morgan fingerprint density at radius 3 is 2.85 bits per heavy atom. The molecule has 0 aliphatic carbocycles. The molecule has 0 aromatic carbocycles. The molecule has 0 spiro atoms. The van der Waals surface area contributed by atoms with E-state index in [-0.39, 0.29) is 17.8 Å². The molecule has 1 fully saturated rings. The Labute approximate surface area is 116 Å². The average molecular weight is 275 g/mol. The number of nitrogens with zero attached hydrogens (tertiary/aromatic N) is 4. The molecule has 3 heterocycles. The van der Waals surface area contributed by atoms with Gasteiger partial charge in [0.05, 0.1) is 24.9 Å². The minimum absolute atomic E-state index is 0.0157. The summed E-state index contributed by atoms with van der Waals surface area (Å²) in [5, 5.41) is 4.11. The first kappa shape index (κ1) is 12.7. The maximum Gasteiger partial charge on any atom is 0.308 e. The molecule has 2 aromatic heterocycles. The van der Waals surface area contributed by atoms with Crippen LogP contribution in [0.3, 0.4) is 0 Å². The lowest BCUT2D eigenvalue weighted by atomic mass is 9.97. The van der Waals surface area contributed by atoms with Crippen LogP contribution < -0.4 is 10.6 Å². The third kappa shape index (κ3) is 2.26. The number of ether oxygens (including phenoxy) is 1. The van der Waals surface area contributed by atoms with Crippen molar-refractivity contribution in [1.29, 1.82) is 0 Å². The number of anilines is 2. The van der Waals surface area contributed by atoms with Gasteiger partial charge in [-0.25, -0.2) is 4.52 Å². The summed E-state index contributed by atoms with van der Waals surface area (Å²) in [5.74, 6) is 0.178. The van der Waals surface area contributed by atoms with Crippen molar-refractivity contribution in [2.75, 3.05) is 30.8 Å². The van der Waals surface area contributed by atoms with Crippen LogP contribution in [0.5, 0.6) is 0 Å². The molecule has 7 nitrogen and oxygen atoms in total. The maximum atomic E-state index is 11.5. The highest BCUT2D eigenvalue weighted by Gasteiger charge is 2.25. The van der Waals surface area contributed by atoms with Crippen LogP contribution in [0, 0.1) is 5.92 Å². The summed E-state index contributed by atoms with van der Waals surface area (Å²) in [6, 6.07) is 3.90. The zero-order valence-corrected chi connectivity index (χ0v) is 11.3. The molecule has 1 aliphatic heterocycles. The molecule has 0 atom stereocenters. The summed E-state index contributed by atoms with van der Waals surface area (Å²) >= 11 is 0. The summed E-state index contributed by atoms with van der Waals surface area (Å²) in [4.78, 5) is 17.8. The lowest BCUT2D eigenvalue weighted by Crippen LogP contribution is -2.36. The number of nitrogen functional groups attached to an aromatic ring is 1. The Hall–Kier alpha value is -2.31. The minimum Gasteiger partial charge on any atom is -0.469 e. The fourth-order valence-electron chi connectivity index (χ4n) is 2.62. The third-order valence-corrected chi connectivity index (χ3v) is 3.73. The average Bonchev–Trinajstić information content (AvgIpc) is 2.85. The van der Waals surface area contributed by atoms with Gasteiger partial charge in [-0.1, -0.05) is 0 Å². The van der Waals surface area contributed by atoms with E-state index < -0.39 is 0 Å². The van der Waals surface area contributed by atoms with E-state index in [0.717, 1.165) is 37.3 Å². The summed E-state index contributed by atoms with van der Waals surface area (Å²) in [6.45, 7) is 1.66. The van der Waals surface area contributed by atoms with Crippen LogP contribution in [0.4, 0.5) is 11.6 Å². The SMILES string of the molecule is COC(=O)C1CCN(c2ccc3nc(N)nn3c2)CC1. The second-order valence-electron chi connectivity index (χ2n) is 4.94. The van der Waals surface area contributed by atoms with E-state index in [0.29, 0.717) is 0 Å². The lowest BCUT2D eigenvalue weighted by Gasteiger charge is -2.32. The van der Waals surface area contributed by atoms with Gasteiger partial charge in [-0.15, -0.1) is 5.10 Å². The van der Waals surface area contributed by atoms with E-state index in [9.17, 15) is 4.79 Å². The van der Waals surface area contributed by atoms with Gasteiger partial charge in [0, 0.05) is 13.1 Å². The Morgan fingerprint density at radius 2 is 2.15 bits per heavy atom. The van der Waals surface area contributed by atoms with Crippen molar-refractivity contribution >= 4 is 23.3 Å². The number of aromatic nitrogens is 3. The number of rotatable bonds is 2. The van der Waals surface area contributed by atoms with Crippen molar-refractivity contribution < 1.29 is 9.53 Å². The first-order chi connectivity index (χ1) is 9.67. The molecule has 20 heavy (non-hydrogen) atoms. The molecule has 2 aromatic rings. The summed E-state index contributed by atoms with van der Waals surface area (Å²) in [5.41, 5.74) is 7.37. The van der Waals surface area contributed by atoms with Gasteiger partial charge in [0.1, 0.15) is 0 Å². The molecule has 1 saturated heterocycles. The molecule has 7 heteroatoms. The highest BCUT2D eigenvalue weighted by Crippen LogP contribution is 2.24. The van der Waals surface area contributed by atoms with Crippen LogP contribution in [-0.4, -0.2) is 40.8 Å². The molecule has 0 bridgehead atoms. The smallest absolute Gasteiger partial charge is 0.308 e. The zero-order valence-electron chi connectivity index (χ0n) is 11.3. The fraction of sp³-hybridized carbons (Fsp3) is 0.462. The maximum absolute atomic E-state index is 11.5. The first-order valence-electron chi connectivity index (χ1n) is 6.62. The largest absolute Gasteiger partial charge is 0.469 e. The molecular weight excluding hydrogens is 258 g/mol. The van der Waals surface area contributed by atoms with E-state index in [1.54, 1.807) is 4.52 Å². The molecule has 3 rings (SSSR count). The summed E-state index contributed by atoms with van der Waals surface area (Å²) < 4.78 is 6.47. The molecule has 1 aliphatic rings. The number of carbonyl (C=O) groups is 1. The lowest BCUT2D eigenvalue weighted by molar-refractivity contribution is -0.146. The van der Waals surface area contributed by atoms with E-state index >= 15 is 0 Å². The normalized spacial score (nSPS) is 16.6. The Morgan fingerprint density at radius 1 is 1.40 bits per heavy atom. The fourth-order valence-corrected chi connectivity index (χ4v) is 2.62. The van der Waals surface area contributed by atoms with Gasteiger partial charge in [-0.3, -0.25) is 4.79 Å². The van der Waals surface area contributed by atoms with Gasteiger partial charge >= 0.3 is 5.97 Å². The van der Waals surface area contributed by atoms with Gasteiger partial charge < -0.3 is 15.4 Å². The summed E-state index contributed by atoms with van der Waals surface area (Å²) in [7, 11) is 1.44. The van der Waals surface area contributed by atoms with Crippen LogP contribution in [0.1, 0.15) is 12.8 Å². The van der Waals surface area contributed by atoms with Crippen molar-refractivity contribution in [3.8, 4) is 0 Å². The second-order valence-corrected chi connectivity index (χ2v) is 4.94. The van der Waals surface area contributed by atoms with Gasteiger partial charge in [-0.05, 0) is 25.0 Å². The number of nitrogens with two attached hydrogens (primary N) is 1. The topological polar surface area (TPSA) is 85.8 Å². The van der Waals surface area contributed by atoms with Gasteiger partial charge in [0.2, 0.25) is 5.95 Å². The Balaban J connectivity index is 1.74. The molecule has 2 N–H and O–H groups in total. The van der Waals surface area contributed by atoms with Crippen molar-refractivity contribution in [2.45, 2.75) is 12.8 Å². The predicted molar refractivity (Wildman–Crippen MR) is 74.4 cm³/mol. The molecular formula is C13H17N5O2. The molecule has 0 radical (unpaired) electrons. The second kappa shape index (κ2) is 4.99. The first-order valence-corrected chi connectivity index (χ1v) is 6.62. The molecule has 0 amide bonds. The predicted octanol–water partition coefficient (Wildman–Crippen LogP) is 0.701. The molecule has 106 valence electrons. The number of esters is 1. The van der Waals surface area contributed by atoms with E-state index in [2.05, 4.69) is 15.0 Å². The van der Waals surface area contributed by atoms with E-state index in [1.165, 1.54) is 7.11 Å². The highest BCUT2D eigenvalue weighted by atomic mass is 16.5. The minimum atomic E-state index is -0.107.